The minimum atomic E-state index is 0.657. The van der Waals surface area contributed by atoms with Crippen LogP contribution in [0.3, 0.4) is 0 Å². The molecule has 1 N–H and O–H groups in total. The molecule has 3 heteroatoms. The second kappa shape index (κ2) is 9.73. The number of ether oxygens (including phenoxy) is 1. The van der Waals surface area contributed by atoms with Crippen molar-refractivity contribution < 1.29 is 4.74 Å². The number of rotatable bonds is 9. The van der Waals surface area contributed by atoms with Crippen LogP contribution in [0.15, 0.2) is 0 Å². The molecule has 0 radical (unpaired) electrons. The Kier molecular flexibility index (Phi) is 8.67. The fourth-order valence-corrected chi connectivity index (χ4v) is 2.87. The van der Waals surface area contributed by atoms with E-state index in [4.69, 9.17) is 4.74 Å². The van der Waals surface area contributed by atoms with Crippen molar-refractivity contribution in [1.82, 2.24) is 10.2 Å². The molecule has 0 aliphatic carbocycles. The molecule has 0 bridgehead atoms. The van der Waals surface area contributed by atoms with E-state index in [-0.39, 0.29) is 0 Å². The van der Waals surface area contributed by atoms with Gasteiger partial charge in [-0.05, 0) is 18.8 Å². The molecule has 0 aromatic rings. The molecule has 1 fully saturated rings. The zero-order chi connectivity index (χ0) is 14.1. The number of nitrogens with one attached hydrogen (secondary N) is 1. The van der Waals surface area contributed by atoms with Gasteiger partial charge in [0.1, 0.15) is 0 Å². The van der Waals surface area contributed by atoms with Crippen LogP contribution in [0.25, 0.3) is 0 Å². The minimum absolute atomic E-state index is 0.657. The van der Waals surface area contributed by atoms with Gasteiger partial charge in [-0.3, -0.25) is 4.90 Å². The topological polar surface area (TPSA) is 24.5 Å². The molecule has 0 spiro atoms. The Morgan fingerprint density at radius 2 is 2.00 bits per heavy atom. The third-order valence-electron chi connectivity index (χ3n) is 4.39. The van der Waals surface area contributed by atoms with Crippen molar-refractivity contribution in [3.05, 3.63) is 0 Å². The third kappa shape index (κ3) is 5.80. The van der Waals surface area contributed by atoms with Crippen molar-refractivity contribution in [3.63, 3.8) is 0 Å². The van der Waals surface area contributed by atoms with Crippen LogP contribution in [-0.2, 0) is 4.74 Å². The van der Waals surface area contributed by atoms with Gasteiger partial charge in [0.2, 0.25) is 0 Å². The molecule has 19 heavy (non-hydrogen) atoms. The molecule has 3 unspecified atom stereocenters. The predicted octanol–water partition coefficient (Wildman–Crippen LogP) is 2.90. The van der Waals surface area contributed by atoms with E-state index in [9.17, 15) is 0 Å². The van der Waals surface area contributed by atoms with Crippen molar-refractivity contribution in [1.29, 1.82) is 0 Å². The van der Waals surface area contributed by atoms with Gasteiger partial charge < -0.3 is 10.1 Å². The molecular weight excluding hydrogens is 236 g/mol. The minimum Gasteiger partial charge on any atom is -0.380 e. The summed E-state index contributed by atoms with van der Waals surface area (Å²) in [5.74, 6) is 0.765. The van der Waals surface area contributed by atoms with E-state index in [1.165, 1.54) is 25.8 Å². The summed E-state index contributed by atoms with van der Waals surface area (Å²) in [5.41, 5.74) is 0. The smallest absolute Gasteiger partial charge is 0.0593 e. The van der Waals surface area contributed by atoms with Crippen LogP contribution in [-0.4, -0.2) is 49.8 Å². The van der Waals surface area contributed by atoms with E-state index >= 15 is 0 Å². The van der Waals surface area contributed by atoms with Crippen molar-refractivity contribution in [3.8, 4) is 0 Å². The van der Waals surface area contributed by atoms with Crippen LogP contribution >= 0.6 is 0 Å². The maximum absolute atomic E-state index is 5.67. The first-order chi connectivity index (χ1) is 9.22. The monoisotopic (exact) mass is 270 g/mol. The SMILES string of the molecule is CCCOCCN1CC(C(C)CC)NCC1CCC. The number of nitrogens with zero attached hydrogens (tertiary/aromatic N) is 1. The molecule has 0 amide bonds. The highest BCUT2D eigenvalue weighted by molar-refractivity contribution is 4.88. The summed E-state index contributed by atoms with van der Waals surface area (Å²) in [7, 11) is 0. The molecule has 3 nitrogen and oxygen atoms in total. The number of hydrogen-bond acceptors (Lipinski definition) is 3. The highest BCUT2D eigenvalue weighted by Gasteiger charge is 2.29. The van der Waals surface area contributed by atoms with Gasteiger partial charge in [-0.2, -0.15) is 0 Å². The summed E-state index contributed by atoms with van der Waals surface area (Å²) in [4.78, 5) is 2.66. The summed E-state index contributed by atoms with van der Waals surface area (Å²) in [6.07, 6.45) is 4.95. The van der Waals surface area contributed by atoms with E-state index in [1.54, 1.807) is 0 Å². The molecule has 1 rings (SSSR count). The Bertz CT molecular complexity index is 223. The van der Waals surface area contributed by atoms with Gasteiger partial charge in [-0.25, -0.2) is 0 Å². The lowest BCUT2D eigenvalue weighted by molar-refractivity contribution is 0.0543. The second-order valence-electron chi connectivity index (χ2n) is 5.95. The van der Waals surface area contributed by atoms with E-state index in [2.05, 4.69) is 37.9 Å². The summed E-state index contributed by atoms with van der Waals surface area (Å²) in [6, 6.07) is 1.36. The lowest BCUT2D eigenvalue weighted by Gasteiger charge is -2.42. The molecular formula is C16H34N2O. The third-order valence-corrected chi connectivity index (χ3v) is 4.39. The van der Waals surface area contributed by atoms with E-state index < -0.39 is 0 Å². The maximum Gasteiger partial charge on any atom is 0.0593 e. The Labute approximate surface area is 120 Å². The molecule has 1 aliphatic heterocycles. The first kappa shape index (κ1) is 16.9. The van der Waals surface area contributed by atoms with Gasteiger partial charge in [0.05, 0.1) is 6.61 Å². The van der Waals surface area contributed by atoms with Gasteiger partial charge in [0.25, 0.3) is 0 Å². The lowest BCUT2D eigenvalue weighted by Crippen LogP contribution is -2.58. The van der Waals surface area contributed by atoms with E-state index in [1.807, 2.05) is 0 Å². The molecule has 0 aromatic carbocycles. The van der Waals surface area contributed by atoms with Gasteiger partial charge >= 0.3 is 0 Å². The van der Waals surface area contributed by atoms with Gasteiger partial charge in [0.15, 0.2) is 0 Å². The Hall–Kier alpha value is -0.120. The second-order valence-corrected chi connectivity index (χ2v) is 5.95. The van der Waals surface area contributed by atoms with E-state index in [0.717, 1.165) is 38.6 Å². The van der Waals surface area contributed by atoms with Crippen LogP contribution < -0.4 is 5.32 Å². The van der Waals surface area contributed by atoms with Crippen molar-refractivity contribution in [2.45, 2.75) is 65.5 Å². The van der Waals surface area contributed by atoms with Crippen LogP contribution in [0.2, 0.25) is 0 Å². The normalized spacial score (nSPS) is 26.5. The van der Waals surface area contributed by atoms with Crippen molar-refractivity contribution in [2.75, 3.05) is 32.8 Å². The summed E-state index contributed by atoms with van der Waals surface area (Å²) in [5, 5.41) is 3.75. The molecule has 3 atom stereocenters. The fraction of sp³-hybridized carbons (Fsp3) is 1.00. The Morgan fingerprint density at radius 1 is 1.21 bits per heavy atom. The highest BCUT2D eigenvalue weighted by atomic mass is 16.5. The Morgan fingerprint density at radius 3 is 2.63 bits per heavy atom. The van der Waals surface area contributed by atoms with Crippen molar-refractivity contribution >= 4 is 0 Å². The maximum atomic E-state index is 5.67. The van der Waals surface area contributed by atoms with Gasteiger partial charge in [0, 0.05) is 38.3 Å². The fourth-order valence-electron chi connectivity index (χ4n) is 2.87. The van der Waals surface area contributed by atoms with Crippen LogP contribution in [0.1, 0.15) is 53.4 Å². The quantitative estimate of drug-likeness (QED) is 0.652. The van der Waals surface area contributed by atoms with Crippen LogP contribution in [0.5, 0.6) is 0 Å². The standard InChI is InChI=1S/C16H34N2O/c1-5-8-15-12-17-16(14(4)7-3)13-18(15)9-11-19-10-6-2/h14-17H,5-13H2,1-4H3. The van der Waals surface area contributed by atoms with Crippen molar-refractivity contribution in [2.24, 2.45) is 5.92 Å². The zero-order valence-corrected chi connectivity index (χ0v) is 13.5. The van der Waals surface area contributed by atoms with Gasteiger partial charge in [-0.15, -0.1) is 0 Å². The Balaban J connectivity index is 2.42. The summed E-state index contributed by atoms with van der Waals surface area (Å²) >= 11 is 0. The average Bonchev–Trinajstić information content (AvgIpc) is 2.44. The number of hydrogen-bond donors (Lipinski definition) is 1. The molecule has 0 aromatic heterocycles. The molecule has 114 valence electrons. The van der Waals surface area contributed by atoms with Gasteiger partial charge in [-0.1, -0.05) is 40.5 Å². The van der Waals surface area contributed by atoms with E-state index in [0.29, 0.717) is 12.1 Å². The first-order valence-corrected chi connectivity index (χ1v) is 8.28. The molecule has 1 aliphatic rings. The predicted molar refractivity (Wildman–Crippen MR) is 82.6 cm³/mol. The largest absolute Gasteiger partial charge is 0.380 e. The highest BCUT2D eigenvalue weighted by Crippen LogP contribution is 2.17. The van der Waals surface area contributed by atoms with Crippen LogP contribution in [0.4, 0.5) is 0 Å². The average molecular weight is 270 g/mol. The lowest BCUT2D eigenvalue weighted by atomic mass is 9.94. The number of piperazine rings is 1. The molecule has 1 heterocycles. The van der Waals surface area contributed by atoms with Crippen LogP contribution in [0, 0.1) is 5.92 Å². The zero-order valence-electron chi connectivity index (χ0n) is 13.5. The summed E-state index contributed by atoms with van der Waals surface area (Å²) in [6.45, 7) is 14.3. The summed E-state index contributed by atoms with van der Waals surface area (Å²) < 4.78 is 5.67. The molecule has 0 saturated carbocycles. The first-order valence-electron chi connectivity index (χ1n) is 8.28. The molecule has 1 saturated heterocycles.